The van der Waals surface area contributed by atoms with Crippen LogP contribution in [-0.4, -0.2) is 32.1 Å². The minimum Gasteiger partial charge on any atom is -0.352 e. The van der Waals surface area contributed by atoms with Crippen molar-refractivity contribution in [3.05, 3.63) is 0 Å². The summed E-state index contributed by atoms with van der Waals surface area (Å²) in [6.07, 6.45) is 3.87. The van der Waals surface area contributed by atoms with Gasteiger partial charge in [0.1, 0.15) is 0 Å². The Morgan fingerprint density at radius 3 is 2.33 bits per heavy atom. The first-order valence-corrected chi connectivity index (χ1v) is 6.22. The molecule has 0 aromatic heterocycles. The fourth-order valence-corrected chi connectivity index (χ4v) is 2.19. The maximum atomic E-state index is 5.48. The van der Waals surface area contributed by atoms with Gasteiger partial charge >= 0.3 is 0 Å². The number of rotatable bonds is 7. The van der Waals surface area contributed by atoms with Gasteiger partial charge in [0.2, 0.25) is 0 Å². The average Bonchev–Trinajstić information content (AvgIpc) is 2.61. The molecular weight excluding hydrogens is 190 g/mol. The molecule has 2 atom stereocenters. The second kappa shape index (κ2) is 7.20. The van der Waals surface area contributed by atoms with Crippen molar-refractivity contribution in [3.63, 3.8) is 0 Å². The highest BCUT2D eigenvalue weighted by Gasteiger charge is 2.21. The summed E-state index contributed by atoms with van der Waals surface area (Å²) in [5.74, 6) is 0.875. The van der Waals surface area contributed by atoms with Gasteiger partial charge in [0, 0.05) is 25.8 Å². The fourth-order valence-electron chi connectivity index (χ4n) is 2.19. The molecule has 0 amide bonds. The Morgan fingerprint density at radius 1 is 1.20 bits per heavy atom. The van der Waals surface area contributed by atoms with Crippen LogP contribution in [0.1, 0.15) is 40.0 Å². The van der Waals surface area contributed by atoms with Crippen molar-refractivity contribution in [3.8, 4) is 0 Å². The van der Waals surface area contributed by atoms with E-state index >= 15 is 0 Å². The van der Waals surface area contributed by atoms with Crippen LogP contribution in [0.4, 0.5) is 0 Å². The molecule has 0 radical (unpaired) electrons. The van der Waals surface area contributed by atoms with Crippen LogP contribution in [0, 0.1) is 5.92 Å². The van der Waals surface area contributed by atoms with Crippen LogP contribution in [-0.2, 0) is 9.47 Å². The van der Waals surface area contributed by atoms with Gasteiger partial charge in [0.15, 0.2) is 6.29 Å². The van der Waals surface area contributed by atoms with Crippen LogP contribution < -0.4 is 5.32 Å². The van der Waals surface area contributed by atoms with Crippen LogP contribution in [0.2, 0.25) is 0 Å². The van der Waals surface area contributed by atoms with Gasteiger partial charge in [0.25, 0.3) is 0 Å². The molecule has 1 fully saturated rings. The van der Waals surface area contributed by atoms with Crippen molar-refractivity contribution in [2.24, 2.45) is 5.92 Å². The van der Waals surface area contributed by atoms with Crippen LogP contribution in [0.25, 0.3) is 0 Å². The Labute approximate surface area is 93.5 Å². The van der Waals surface area contributed by atoms with Crippen molar-refractivity contribution in [1.29, 1.82) is 0 Å². The summed E-state index contributed by atoms with van der Waals surface area (Å²) in [6, 6.07) is 0.670. The van der Waals surface area contributed by atoms with Crippen molar-refractivity contribution in [1.82, 2.24) is 5.32 Å². The Hall–Kier alpha value is -0.120. The number of hydrogen-bond donors (Lipinski definition) is 1. The molecule has 1 saturated carbocycles. The second-order valence-electron chi connectivity index (χ2n) is 4.36. The van der Waals surface area contributed by atoms with Crippen molar-refractivity contribution >= 4 is 0 Å². The molecule has 1 rings (SSSR count). The number of nitrogens with one attached hydrogen (secondary N) is 1. The third-order valence-electron chi connectivity index (χ3n) is 2.97. The summed E-state index contributed by atoms with van der Waals surface area (Å²) < 4.78 is 11.0. The van der Waals surface area contributed by atoms with Crippen molar-refractivity contribution in [2.75, 3.05) is 19.8 Å². The Morgan fingerprint density at radius 2 is 1.87 bits per heavy atom. The van der Waals surface area contributed by atoms with Gasteiger partial charge in [-0.25, -0.2) is 0 Å². The van der Waals surface area contributed by atoms with E-state index in [4.69, 9.17) is 9.47 Å². The van der Waals surface area contributed by atoms with Crippen molar-refractivity contribution in [2.45, 2.75) is 52.4 Å². The first-order valence-electron chi connectivity index (χ1n) is 6.22. The lowest BCUT2D eigenvalue weighted by molar-refractivity contribution is -0.133. The van der Waals surface area contributed by atoms with E-state index in [0.29, 0.717) is 19.3 Å². The Kier molecular flexibility index (Phi) is 6.22. The summed E-state index contributed by atoms with van der Waals surface area (Å²) >= 11 is 0. The van der Waals surface area contributed by atoms with E-state index in [1.807, 2.05) is 13.8 Å². The molecule has 1 aliphatic rings. The summed E-state index contributed by atoms with van der Waals surface area (Å²) in [7, 11) is 0. The van der Waals surface area contributed by atoms with Gasteiger partial charge in [-0.05, 0) is 39.0 Å². The molecule has 3 heteroatoms. The molecule has 90 valence electrons. The Balaban J connectivity index is 2.15. The number of ether oxygens (including phenoxy) is 2. The molecule has 3 nitrogen and oxygen atoms in total. The van der Waals surface area contributed by atoms with E-state index in [1.54, 1.807) is 0 Å². The quantitative estimate of drug-likeness (QED) is 0.660. The molecule has 0 aromatic rings. The largest absolute Gasteiger partial charge is 0.352 e. The van der Waals surface area contributed by atoms with Gasteiger partial charge < -0.3 is 14.8 Å². The highest BCUT2D eigenvalue weighted by Crippen LogP contribution is 2.24. The molecule has 0 spiro atoms. The van der Waals surface area contributed by atoms with E-state index in [1.165, 1.54) is 19.3 Å². The van der Waals surface area contributed by atoms with Crippen LogP contribution in [0.5, 0.6) is 0 Å². The summed E-state index contributed by atoms with van der Waals surface area (Å²) in [5, 5.41) is 3.53. The third-order valence-corrected chi connectivity index (χ3v) is 2.97. The van der Waals surface area contributed by atoms with Crippen LogP contribution >= 0.6 is 0 Å². The third kappa shape index (κ3) is 4.96. The second-order valence-corrected chi connectivity index (χ2v) is 4.36. The lowest BCUT2D eigenvalue weighted by Gasteiger charge is -2.20. The van der Waals surface area contributed by atoms with Crippen molar-refractivity contribution < 1.29 is 9.47 Å². The van der Waals surface area contributed by atoms with E-state index in [-0.39, 0.29) is 6.29 Å². The zero-order chi connectivity index (χ0) is 11.1. The molecule has 0 saturated heterocycles. The Bertz CT molecular complexity index is 158. The predicted molar refractivity (Wildman–Crippen MR) is 61.8 cm³/mol. The SMILES string of the molecule is CCOC(CNC1CCC(C)C1)OCC. The molecule has 1 aliphatic carbocycles. The lowest BCUT2D eigenvalue weighted by atomic mass is 10.1. The van der Waals surface area contributed by atoms with E-state index in [0.717, 1.165) is 12.5 Å². The average molecular weight is 215 g/mol. The fraction of sp³-hybridized carbons (Fsp3) is 1.00. The highest BCUT2D eigenvalue weighted by molar-refractivity contribution is 4.78. The highest BCUT2D eigenvalue weighted by atomic mass is 16.7. The molecule has 2 unspecified atom stereocenters. The summed E-state index contributed by atoms with van der Waals surface area (Å²) in [4.78, 5) is 0. The van der Waals surface area contributed by atoms with Crippen LogP contribution in [0.15, 0.2) is 0 Å². The van der Waals surface area contributed by atoms with E-state index in [2.05, 4.69) is 12.2 Å². The van der Waals surface area contributed by atoms with E-state index < -0.39 is 0 Å². The monoisotopic (exact) mass is 215 g/mol. The van der Waals surface area contributed by atoms with Gasteiger partial charge in [0.05, 0.1) is 0 Å². The maximum absolute atomic E-state index is 5.48. The van der Waals surface area contributed by atoms with Gasteiger partial charge in [-0.2, -0.15) is 0 Å². The summed E-state index contributed by atoms with van der Waals surface area (Å²) in [5.41, 5.74) is 0. The van der Waals surface area contributed by atoms with Gasteiger partial charge in [-0.1, -0.05) is 6.92 Å². The first kappa shape index (κ1) is 12.9. The normalized spacial score (nSPS) is 26.4. The standard InChI is InChI=1S/C12H25NO2/c1-4-14-12(15-5-2)9-13-11-7-6-10(3)8-11/h10-13H,4-9H2,1-3H3. The smallest absolute Gasteiger partial charge is 0.169 e. The minimum atomic E-state index is -0.0732. The predicted octanol–water partition coefficient (Wildman–Crippen LogP) is 2.16. The zero-order valence-corrected chi connectivity index (χ0v) is 10.3. The van der Waals surface area contributed by atoms with E-state index in [9.17, 15) is 0 Å². The minimum absolute atomic E-state index is 0.0732. The molecule has 0 heterocycles. The molecular formula is C12H25NO2. The molecule has 1 N–H and O–H groups in total. The first-order chi connectivity index (χ1) is 7.26. The van der Waals surface area contributed by atoms with Crippen LogP contribution in [0.3, 0.4) is 0 Å². The maximum Gasteiger partial charge on any atom is 0.169 e. The molecule has 0 aliphatic heterocycles. The van der Waals surface area contributed by atoms with Gasteiger partial charge in [-0.3, -0.25) is 0 Å². The number of hydrogen-bond acceptors (Lipinski definition) is 3. The summed E-state index contributed by atoms with van der Waals surface area (Å²) in [6.45, 7) is 8.58. The molecule has 0 aromatic carbocycles. The molecule has 15 heavy (non-hydrogen) atoms. The lowest BCUT2D eigenvalue weighted by Crippen LogP contribution is -2.37. The molecule has 0 bridgehead atoms. The zero-order valence-electron chi connectivity index (χ0n) is 10.3. The van der Waals surface area contributed by atoms with Gasteiger partial charge in [-0.15, -0.1) is 0 Å². The topological polar surface area (TPSA) is 30.5 Å².